The lowest BCUT2D eigenvalue weighted by Crippen LogP contribution is -2.54. The van der Waals surface area contributed by atoms with Crippen LogP contribution in [0.3, 0.4) is 0 Å². The maximum Gasteiger partial charge on any atom is 0.103 e. The number of thiophene rings is 1. The van der Waals surface area contributed by atoms with Crippen LogP contribution in [0.15, 0.2) is 24.4 Å². The second-order valence-corrected chi connectivity index (χ2v) is 8.01. The predicted octanol–water partition coefficient (Wildman–Crippen LogP) is 1.61. The fraction of sp³-hybridized carbons (Fsp3) is 0.588. The Kier molecular flexibility index (Phi) is 4.44. The molecular weight excluding hydrogens is 326 g/mol. The van der Waals surface area contributed by atoms with Crippen LogP contribution in [0.1, 0.15) is 24.1 Å². The minimum Gasteiger partial charge on any atom is -0.390 e. The second-order valence-electron chi connectivity index (χ2n) is 6.85. The number of aromatic amines is 1. The van der Waals surface area contributed by atoms with E-state index in [4.69, 9.17) is 4.74 Å². The SMILES string of the molecule is O[C@@H]1CC2(CCN(Cc3ccc(-c4ccn[nH]4)s3)CC2)OC[C@@H]1O. The van der Waals surface area contributed by atoms with E-state index in [-0.39, 0.29) is 12.2 Å². The predicted molar refractivity (Wildman–Crippen MR) is 91.7 cm³/mol. The summed E-state index contributed by atoms with van der Waals surface area (Å²) < 4.78 is 5.90. The molecule has 2 aromatic heterocycles. The van der Waals surface area contributed by atoms with Crippen LogP contribution in [0.4, 0.5) is 0 Å². The van der Waals surface area contributed by atoms with Gasteiger partial charge in [-0.3, -0.25) is 10.00 Å². The van der Waals surface area contributed by atoms with Crippen LogP contribution in [0.5, 0.6) is 0 Å². The maximum atomic E-state index is 9.94. The molecule has 4 heterocycles. The summed E-state index contributed by atoms with van der Waals surface area (Å²) in [6, 6.07) is 6.31. The van der Waals surface area contributed by atoms with Crippen LogP contribution in [-0.2, 0) is 11.3 Å². The van der Waals surface area contributed by atoms with Crippen molar-refractivity contribution in [2.45, 2.75) is 43.6 Å². The van der Waals surface area contributed by atoms with Gasteiger partial charge in [-0.05, 0) is 31.0 Å². The van der Waals surface area contributed by atoms with Crippen molar-refractivity contribution in [2.24, 2.45) is 0 Å². The number of aliphatic hydroxyl groups excluding tert-OH is 2. The highest BCUT2D eigenvalue weighted by Gasteiger charge is 2.42. The third-order valence-corrected chi connectivity index (χ3v) is 6.26. The number of hydrogen-bond donors (Lipinski definition) is 3. The molecule has 0 saturated carbocycles. The maximum absolute atomic E-state index is 9.94. The van der Waals surface area contributed by atoms with E-state index in [2.05, 4.69) is 27.2 Å². The molecule has 2 fully saturated rings. The Labute approximate surface area is 145 Å². The van der Waals surface area contributed by atoms with Crippen molar-refractivity contribution >= 4 is 11.3 Å². The number of ether oxygens (including phenoxy) is 1. The Bertz CT molecular complexity index is 664. The molecule has 2 saturated heterocycles. The van der Waals surface area contributed by atoms with Gasteiger partial charge in [0.1, 0.15) is 6.10 Å². The Morgan fingerprint density at radius 1 is 1.25 bits per heavy atom. The first-order valence-corrected chi connectivity index (χ1v) is 9.26. The largest absolute Gasteiger partial charge is 0.390 e. The Hall–Kier alpha value is -1.25. The van der Waals surface area contributed by atoms with Crippen LogP contribution >= 0.6 is 11.3 Å². The van der Waals surface area contributed by atoms with E-state index in [1.807, 2.05) is 6.07 Å². The minimum atomic E-state index is -0.735. The molecule has 24 heavy (non-hydrogen) atoms. The van der Waals surface area contributed by atoms with Crippen LogP contribution in [0.2, 0.25) is 0 Å². The van der Waals surface area contributed by atoms with Crippen molar-refractivity contribution < 1.29 is 14.9 Å². The summed E-state index contributed by atoms with van der Waals surface area (Å²) in [5.74, 6) is 0. The molecule has 0 aliphatic carbocycles. The Morgan fingerprint density at radius 2 is 2.08 bits per heavy atom. The standard InChI is InChI=1S/C17H23N3O3S/c21-14-9-17(23-11-15(14)22)4-7-20(8-5-17)10-12-1-2-16(24-12)13-3-6-18-19-13/h1-3,6,14-15,21-22H,4-5,7-11H2,(H,18,19)/t14-,15+/m1/s1. The van der Waals surface area contributed by atoms with Crippen molar-refractivity contribution in [1.29, 1.82) is 0 Å². The highest BCUT2D eigenvalue weighted by molar-refractivity contribution is 7.15. The number of nitrogens with one attached hydrogen (secondary N) is 1. The smallest absolute Gasteiger partial charge is 0.103 e. The fourth-order valence-electron chi connectivity index (χ4n) is 3.64. The van der Waals surface area contributed by atoms with Crippen LogP contribution in [-0.4, -0.2) is 62.8 Å². The van der Waals surface area contributed by atoms with Crippen LogP contribution in [0, 0.1) is 0 Å². The van der Waals surface area contributed by atoms with Gasteiger partial charge in [-0.25, -0.2) is 0 Å². The Morgan fingerprint density at radius 3 is 2.79 bits per heavy atom. The third-order valence-electron chi connectivity index (χ3n) is 5.16. The molecule has 0 unspecified atom stereocenters. The van der Waals surface area contributed by atoms with E-state index in [1.165, 1.54) is 9.75 Å². The molecule has 7 heteroatoms. The van der Waals surface area contributed by atoms with Crippen molar-refractivity contribution in [2.75, 3.05) is 19.7 Å². The molecule has 2 atom stereocenters. The molecule has 130 valence electrons. The normalized spacial score (nSPS) is 27.6. The first-order valence-electron chi connectivity index (χ1n) is 8.44. The molecule has 0 radical (unpaired) electrons. The monoisotopic (exact) mass is 349 g/mol. The molecule has 2 aliphatic rings. The van der Waals surface area contributed by atoms with E-state index in [9.17, 15) is 10.2 Å². The molecule has 3 N–H and O–H groups in total. The average Bonchev–Trinajstić information content (AvgIpc) is 3.25. The zero-order valence-corrected chi connectivity index (χ0v) is 14.3. The highest BCUT2D eigenvalue weighted by atomic mass is 32.1. The van der Waals surface area contributed by atoms with Gasteiger partial charge >= 0.3 is 0 Å². The van der Waals surface area contributed by atoms with Gasteiger partial charge in [-0.2, -0.15) is 5.10 Å². The summed E-state index contributed by atoms with van der Waals surface area (Å²) in [6.45, 7) is 3.11. The number of piperidine rings is 1. The van der Waals surface area contributed by atoms with Crippen LogP contribution < -0.4 is 0 Å². The summed E-state index contributed by atoms with van der Waals surface area (Å²) in [6.07, 6.45) is 2.75. The minimum absolute atomic E-state index is 0.244. The molecule has 1 spiro atoms. The van der Waals surface area contributed by atoms with Gasteiger partial charge in [0.2, 0.25) is 0 Å². The highest BCUT2D eigenvalue weighted by Crippen LogP contribution is 2.36. The number of rotatable bonds is 3. The molecular formula is C17H23N3O3S. The number of H-pyrrole nitrogens is 1. The number of likely N-dealkylation sites (tertiary alicyclic amines) is 1. The second kappa shape index (κ2) is 6.57. The summed E-state index contributed by atoms with van der Waals surface area (Å²) in [4.78, 5) is 4.99. The average molecular weight is 349 g/mol. The van der Waals surface area contributed by atoms with Gasteiger partial charge in [0.25, 0.3) is 0 Å². The van der Waals surface area contributed by atoms with Crippen molar-refractivity contribution in [3.63, 3.8) is 0 Å². The summed E-state index contributed by atoms with van der Waals surface area (Å²) in [5, 5.41) is 26.6. The number of hydrogen-bond acceptors (Lipinski definition) is 6. The molecule has 4 rings (SSSR count). The van der Waals surface area contributed by atoms with E-state index in [0.29, 0.717) is 6.42 Å². The summed E-state index contributed by atoms with van der Waals surface area (Å²) in [5.41, 5.74) is 0.818. The van der Waals surface area contributed by atoms with Gasteiger partial charge in [0.15, 0.2) is 0 Å². The van der Waals surface area contributed by atoms with Gasteiger partial charge in [-0.1, -0.05) is 0 Å². The topological polar surface area (TPSA) is 81.6 Å². The summed E-state index contributed by atoms with van der Waals surface area (Å²) >= 11 is 1.79. The molecule has 2 aromatic rings. The molecule has 0 aromatic carbocycles. The quantitative estimate of drug-likeness (QED) is 0.784. The lowest BCUT2D eigenvalue weighted by molar-refractivity contribution is -0.188. The molecule has 0 amide bonds. The fourth-order valence-corrected chi connectivity index (χ4v) is 4.66. The lowest BCUT2D eigenvalue weighted by Gasteiger charge is -2.46. The first kappa shape index (κ1) is 16.2. The van der Waals surface area contributed by atoms with Crippen molar-refractivity contribution in [3.8, 4) is 10.6 Å². The Balaban J connectivity index is 1.34. The van der Waals surface area contributed by atoms with E-state index < -0.39 is 12.2 Å². The molecule has 2 aliphatic heterocycles. The van der Waals surface area contributed by atoms with Gasteiger partial charge in [0, 0.05) is 37.1 Å². The number of aromatic nitrogens is 2. The van der Waals surface area contributed by atoms with E-state index in [1.54, 1.807) is 17.5 Å². The lowest BCUT2D eigenvalue weighted by atomic mass is 9.82. The van der Waals surface area contributed by atoms with Crippen molar-refractivity contribution in [3.05, 3.63) is 29.3 Å². The van der Waals surface area contributed by atoms with Gasteiger partial charge in [0.05, 0.1) is 28.9 Å². The number of aliphatic hydroxyl groups is 2. The molecule has 0 bridgehead atoms. The van der Waals surface area contributed by atoms with Gasteiger partial charge < -0.3 is 14.9 Å². The van der Waals surface area contributed by atoms with Gasteiger partial charge in [-0.15, -0.1) is 11.3 Å². The summed E-state index contributed by atoms with van der Waals surface area (Å²) in [7, 11) is 0. The third kappa shape index (κ3) is 3.27. The van der Waals surface area contributed by atoms with Crippen molar-refractivity contribution in [1.82, 2.24) is 15.1 Å². The van der Waals surface area contributed by atoms with Crippen LogP contribution in [0.25, 0.3) is 10.6 Å². The van der Waals surface area contributed by atoms with E-state index in [0.717, 1.165) is 38.2 Å². The zero-order valence-electron chi connectivity index (χ0n) is 13.5. The molecule has 6 nitrogen and oxygen atoms in total. The zero-order chi connectivity index (χ0) is 16.6. The number of nitrogens with zero attached hydrogens (tertiary/aromatic N) is 2. The first-order chi connectivity index (χ1) is 11.6. The van der Waals surface area contributed by atoms with E-state index >= 15 is 0 Å².